The molecule has 3 rings (SSSR count). The highest BCUT2D eigenvalue weighted by atomic mass is 16.5. The SMILES string of the molecule is CCCCC(=O)N1CCN(c2cccc3c2OCC(=O)N3)CC1. The minimum absolute atomic E-state index is 0.0550. The smallest absolute Gasteiger partial charge is 0.262 e. The number of amides is 2. The van der Waals surface area contributed by atoms with Gasteiger partial charge in [-0.15, -0.1) is 0 Å². The van der Waals surface area contributed by atoms with Gasteiger partial charge in [0.05, 0.1) is 11.4 Å². The molecule has 1 N–H and O–H groups in total. The number of carbonyl (C=O) groups is 2. The zero-order valence-corrected chi connectivity index (χ0v) is 13.5. The molecular weight excluding hydrogens is 294 g/mol. The number of ether oxygens (including phenoxy) is 1. The number of anilines is 2. The molecule has 0 aromatic heterocycles. The normalized spacial score (nSPS) is 17.3. The van der Waals surface area contributed by atoms with Crippen LogP contribution in [-0.2, 0) is 9.59 Å². The van der Waals surface area contributed by atoms with Crippen LogP contribution in [0.3, 0.4) is 0 Å². The van der Waals surface area contributed by atoms with Crippen molar-refractivity contribution >= 4 is 23.2 Å². The highest BCUT2D eigenvalue weighted by Crippen LogP contribution is 2.38. The van der Waals surface area contributed by atoms with Crippen LogP contribution >= 0.6 is 0 Å². The molecule has 0 atom stereocenters. The summed E-state index contributed by atoms with van der Waals surface area (Å²) >= 11 is 0. The van der Waals surface area contributed by atoms with Crippen LogP contribution in [0.5, 0.6) is 5.75 Å². The summed E-state index contributed by atoms with van der Waals surface area (Å²) in [5, 5.41) is 2.83. The molecule has 0 unspecified atom stereocenters. The Morgan fingerprint density at radius 3 is 2.78 bits per heavy atom. The number of nitrogens with zero attached hydrogens (tertiary/aromatic N) is 2. The average molecular weight is 317 g/mol. The third-order valence-corrected chi connectivity index (χ3v) is 4.33. The molecule has 0 saturated carbocycles. The number of para-hydroxylation sites is 1. The largest absolute Gasteiger partial charge is 0.479 e. The van der Waals surface area contributed by atoms with Crippen molar-refractivity contribution in [3.8, 4) is 5.75 Å². The van der Waals surface area contributed by atoms with Crippen molar-refractivity contribution in [3.05, 3.63) is 18.2 Å². The first-order valence-corrected chi connectivity index (χ1v) is 8.27. The molecule has 6 heteroatoms. The second kappa shape index (κ2) is 6.89. The summed E-state index contributed by atoms with van der Waals surface area (Å²) in [6, 6.07) is 5.77. The first-order chi connectivity index (χ1) is 11.2. The summed E-state index contributed by atoms with van der Waals surface area (Å²) in [6.45, 7) is 5.19. The van der Waals surface area contributed by atoms with E-state index >= 15 is 0 Å². The van der Waals surface area contributed by atoms with E-state index in [4.69, 9.17) is 4.74 Å². The molecule has 0 bridgehead atoms. The fourth-order valence-electron chi connectivity index (χ4n) is 3.03. The highest BCUT2D eigenvalue weighted by molar-refractivity contribution is 5.97. The lowest BCUT2D eigenvalue weighted by atomic mass is 10.1. The predicted molar refractivity (Wildman–Crippen MR) is 88.9 cm³/mol. The van der Waals surface area contributed by atoms with Crippen LogP contribution in [0.4, 0.5) is 11.4 Å². The quantitative estimate of drug-likeness (QED) is 0.921. The van der Waals surface area contributed by atoms with Crippen molar-refractivity contribution in [2.75, 3.05) is 43.0 Å². The van der Waals surface area contributed by atoms with Gasteiger partial charge in [0.25, 0.3) is 5.91 Å². The fraction of sp³-hybridized carbons (Fsp3) is 0.529. The lowest BCUT2D eigenvalue weighted by molar-refractivity contribution is -0.131. The zero-order valence-electron chi connectivity index (χ0n) is 13.5. The van der Waals surface area contributed by atoms with Gasteiger partial charge in [-0.3, -0.25) is 9.59 Å². The van der Waals surface area contributed by atoms with E-state index in [2.05, 4.69) is 17.1 Å². The third-order valence-electron chi connectivity index (χ3n) is 4.33. The Kier molecular flexibility index (Phi) is 4.69. The molecule has 0 radical (unpaired) electrons. The minimum Gasteiger partial charge on any atom is -0.479 e. The molecular formula is C17H23N3O3. The number of hydrogen-bond acceptors (Lipinski definition) is 4. The van der Waals surface area contributed by atoms with Gasteiger partial charge < -0.3 is 19.9 Å². The maximum absolute atomic E-state index is 12.1. The number of benzene rings is 1. The second-order valence-electron chi connectivity index (χ2n) is 5.96. The van der Waals surface area contributed by atoms with Gasteiger partial charge in [0.2, 0.25) is 5.91 Å². The summed E-state index contributed by atoms with van der Waals surface area (Å²) in [4.78, 5) is 27.7. The lowest BCUT2D eigenvalue weighted by Crippen LogP contribution is -2.49. The standard InChI is InChI=1S/C17H23N3O3/c1-2-3-7-16(22)20-10-8-19(9-11-20)14-6-4-5-13-17(14)23-12-15(21)18-13/h4-6H,2-3,7-12H2,1H3,(H,18,21). The molecule has 1 aromatic carbocycles. The molecule has 1 fully saturated rings. The number of fused-ring (bicyclic) bond motifs is 1. The molecule has 1 aromatic rings. The molecule has 2 heterocycles. The van der Waals surface area contributed by atoms with Crippen LogP contribution in [-0.4, -0.2) is 49.5 Å². The zero-order chi connectivity index (χ0) is 16.2. The maximum atomic E-state index is 12.1. The Morgan fingerprint density at radius 1 is 1.26 bits per heavy atom. The maximum Gasteiger partial charge on any atom is 0.262 e. The number of hydrogen-bond donors (Lipinski definition) is 1. The van der Waals surface area contributed by atoms with Crippen molar-refractivity contribution in [2.45, 2.75) is 26.2 Å². The molecule has 2 aliphatic heterocycles. The van der Waals surface area contributed by atoms with Gasteiger partial charge in [-0.05, 0) is 18.6 Å². The Labute approximate surface area is 136 Å². The molecule has 2 aliphatic rings. The second-order valence-corrected chi connectivity index (χ2v) is 5.96. The number of carbonyl (C=O) groups excluding carboxylic acids is 2. The molecule has 124 valence electrons. The van der Waals surface area contributed by atoms with Gasteiger partial charge in [0, 0.05) is 32.6 Å². The Balaban J connectivity index is 1.65. The Hall–Kier alpha value is -2.24. The van der Waals surface area contributed by atoms with Crippen LogP contribution in [0.25, 0.3) is 0 Å². The number of rotatable bonds is 4. The summed E-state index contributed by atoms with van der Waals surface area (Å²) < 4.78 is 5.61. The summed E-state index contributed by atoms with van der Waals surface area (Å²) in [5.74, 6) is 0.865. The molecule has 0 spiro atoms. The predicted octanol–water partition coefficient (Wildman–Crippen LogP) is 1.86. The number of unbranched alkanes of at least 4 members (excludes halogenated alkanes) is 1. The third kappa shape index (κ3) is 3.41. The van der Waals surface area contributed by atoms with E-state index in [1.807, 2.05) is 23.1 Å². The van der Waals surface area contributed by atoms with E-state index in [0.29, 0.717) is 6.42 Å². The molecule has 0 aliphatic carbocycles. The van der Waals surface area contributed by atoms with Crippen molar-refractivity contribution in [1.82, 2.24) is 4.90 Å². The van der Waals surface area contributed by atoms with Gasteiger partial charge >= 0.3 is 0 Å². The average Bonchev–Trinajstić information content (AvgIpc) is 2.59. The van der Waals surface area contributed by atoms with Crippen molar-refractivity contribution in [1.29, 1.82) is 0 Å². The molecule has 6 nitrogen and oxygen atoms in total. The number of piperazine rings is 1. The van der Waals surface area contributed by atoms with E-state index in [1.54, 1.807) is 0 Å². The van der Waals surface area contributed by atoms with E-state index in [1.165, 1.54) is 0 Å². The van der Waals surface area contributed by atoms with Gasteiger partial charge in [-0.2, -0.15) is 0 Å². The van der Waals surface area contributed by atoms with Crippen molar-refractivity contribution < 1.29 is 14.3 Å². The van der Waals surface area contributed by atoms with Crippen LogP contribution in [0.1, 0.15) is 26.2 Å². The van der Waals surface area contributed by atoms with E-state index in [0.717, 1.165) is 56.1 Å². The van der Waals surface area contributed by atoms with Crippen molar-refractivity contribution in [3.63, 3.8) is 0 Å². The Bertz CT molecular complexity index is 595. The van der Waals surface area contributed by atoms with Crippen LogP contribution in [0.2, 0.25) is 0 Å². The first kappa shape index (κ1) is 15.6. The van der Waals surface area contributed by atoms with Gasteiger partial charge in [0.1, 0.15) is 0 Å². The van der Waals surface area contributed by atoms with Gasteiger partial charge in [-0.1, -0.05) is 19.4 Å². The summed E-state index contributed by atoms with van der Waals surface area (Å²) in [7, 11) is 0. The van der Waals surface area contributed by atoms with Gasteiger partial charge in [0.15, 0.2) is 12.4 Å². The van der Waals surface area contributed by atoms with E-state index < -0.39 is 0 Å². The topological polar surface area (TPSA) is 61.9 Å². The highest BCUT2D eigenvalue weighted by Gasteiger charge is 2.26. The summed E-state index contributed by atoms with van der Waals surface area (Å²) in [5.41, 5.74) is 1.71. The Morgan fingerprint density at radius 2 is 2.04 bits per heavy atom. The lowest BCUT2D eigenvalue weighted by Gasteiger charge is -2.37. The molecule has 1 saturated heterocycles. The van der Waals surface area contributed by atoms with Crippen molar-refractivity contribution in [2.24, 2.45) is 0 Å². The van der Waals surface area contributed by atoms with E-state index in [9.17, 15) is 9.59 Å². The monoisotopic (exact) mass is 317 g/mol. The van der Waals surface area contributed by atoms with Gasteiger partial charge in [-0.25, -0.2) is 0 Å². The molecule has 23 heavy (non-hydrogen) atoms. The van der Waals surface area contributed by atoms with E-state index in [-0.39, 0.29) is 18.4 Å². The number of nitrogens with one attached hydrogen (secondary N) is 1. The summed E-state index contributed by atoms with van der Waals surface area (Å²) in [6.07, 6.45) is 2.65. The minimum atomic E-state index is -0.124. The molecule has 2 amide bonds. The van der Waals surface area contributed by atoms with Crippen LogP contribution in [0, 0.1) is 0 Å². The first-order valence-electron chi connectivity index (χ1n) is 8.27. The van der Waals surface area contributed by atoms with Crippen LogP contribution < -0.4 is 15.0 Å². The fourth-order valence-corrected chi connectivity index (χ4v) is 3.03. The van der Waals surface area contributed by atoms with Crippen LogP contribution in [0.15, 0.2) is 18.2 Å².